The fourth-order valence-corrected chi connectivity index (χ4v) is 2.81. The molecule has 2 atom stereocenters. The molecule has 1 saturated carbocycles. The molecule has 0 aromatic heterocycles. The van der Waals surface area contributed by atoms with Crippen LogP contribution in [0.2, 0.25) is 0 Å². The molecule has 0 amide bonds. The second-order valence-electron chi connectivity index (χ2n) is 5.22. The van der Waals surface area contributed by atoms with Crippen molar-refractivity contribution in [1.82, 2.24) is 5.32 Å². The lowest BCUT2D eigenvalue weighted by Gasteiger charge is -2.18. The van der Waals surface area contributed by atoms with E-state index in [1.54, 1.807) is 12.1 Å². The highest BCUT2D eigenvalue weighted by atomic mass is 19.1. The van der Waals surface area contributed by atoms with Gasteiger partial charge in [-0.15, -0.1) is 0 Å². The van der Waals surface area contributed by atoms with Crippen LogP contribution in [0.15, 0.2) is 18.2 Å². The van der Waals surface area contributed by atoms with E-state index in [-0.39, 0.29) is 12.4 Å². The van der Waals surface area contributed by atoms with Gasteiger partial charge >= 0.3 is 0 Å². The number of ether oxygens (including phenoxy) is 1. The zero-order valence-corrected chi connectivity index (χ0v) is 11.4. The smallest absolute Gasteiger partial charge is 0.131 e. The van der Waals surface area contributed by atoms with Gasteiger partial charge in [0, 0.05) is 24.8 Å². The highest BCUT2D eigenvalue weighted by molar-refractivity contribution is 5.28. The third kappa shape index (κ3) is 3.67. The Balaban J connectivity index is 1.82. The number of benzene rings is 1. The predicted octanol–water partition coefficient (Wildman–Crippen LogP) is 2.33. The number of hydrogen-bond acceptors (Lipinski definition) is 3. The van der Waals surface area contributed by atoms with Gasteiger partial charge < -0.3 is 15.2 Å². The molecule has 1 aliphatic rings. The van der Waals surface area contributed by atoms with Crippen LogP contribution in [0.1, 0.15) is 24.8 Å². The SMILES string of the molecule is COc1ccc(CNCC2CCCC2CO)c(F)c1. The minimum Gasteiger partial charge on any atom is -0.497 e. The maximum atomic E-state index is 13.7. The van der Waals surface area contributed by atoms with E-state index in [1.165, 1.54) is 19.6 Å². The molecule has 19 heavy (non-hydrogen) atoms. The van der Waals surface area contributed by atoms with Gasteiger partial charge in [0.25, 0.3) is 0 Å². The molecule has 0 saturated heterocycles. The van der Waals surface area contributed by atoms with Crippen LogP contribution < -0.4 is 10.1 Å². The Labute approximate surface area is 113 Å². The molecule has 4 heteroatoms. The summed E-state index contributed by atoms with van der Waals surface area (Å²) >= 11 is 0. The molecule has 2 N–H and O–H groups in total. The molecule has 2 unspecified atom stereocenters. The van der Waals surface area contributed by atoms with Crippen molar-refractivity contribution in [1.29, 1.82) is 0 Å². The molecule has 1 fully saturated rings. The number of hydrogen-bond donors (Lipinski definition) is 2. The van der Waals surface area contributed by atoms with E-state index in [1.807, 2.05) is 0 Å². The van der Waals surface area contributed by atoms with E-state index in [2.05, 4.69) is 5.32 Å². The average Bonchev–Trinajstić information content (AvgIpc) is 2.88. The van der Waals surface area contributed by atoms with Crippen molar-refractivity contribution in [2.75, 3.05) is 20.3 Å². The minimum absolute atomic E-state index is 0.239. The standard InChI is InChI=1S/C15H22FNO2/c1-19-14-6-5-12(15(16)7-14)9-17-8-11-3-2-4-13(11)10-18/h5-7,11,13,17-18H,2-4,8-10H2,1H3. The van der Waals surface area contributed by atoms with Gasteiger partial charge in [-0.3, -0.25) is 0 Å². The topological polar surface area (TPSA) is 41.5 Å². The highest BCUT2D eigenvalue weighted by Gasteiger charge is 2.25. The Bertz CT molecular complexity index is 411. The van der Waals surface area contributed by atoms with Crippen LogP contribution in [0.5, 0.6) is 5.75 Å². The fourth-order valence-electron chi connectivity index (χ4n) is 2.81. The molecule has 0 spiro atoms. The Morgan fingerprint density at radius 3 is 2.84 bits per heavy atom. The minimum atomic E-state index is -0.239. The molecule has 1 aromatic rings. The largest absolute Gasteiger partial charge is 0.497 e. The second-order valence-corrected chi connectivity index (χ2v) is 5.22. The normalized spacial score (nSPS) is 22.7. The number of rotatable bonds is 6. The van der Waals surface area contributed by atoms with Crippen LogP contribution >= 0.6 is 0 Å². The number of nitrogens with one attached hydrogen (secondary N) is 1. The molecule has 0 bridgehead atoms. The predicted molar refractivity (Wildman–Crippen MR) is 72.6 cm³/mol. The van der Waals surface area contributed by atoms with Crippen LogP contribution in [0.25, 0.3) is 0 Å². The summed E-state index contributed by atoms with van der Waals surface area (Å²) in [5.74, 6) is 1.23. The van der Waals surface area contributed by atoms with Gasteiger partial charge in [0.15, 0.2) is 0 Å². The summed E-state index contributed by atoms with van der Waals surface area (Å²) in [5, 5.41) is 12.5. The van der Waals surface area contributed by atoms with Crippen molar-refractivity contribution in [2.45, 2.75) is 25.8 Å². The summed E-state index contributed by atoms with van der Waals surface area (Å²) in [5.41, 5.74) is 0.652. The second kappa shape index (κ2) is 6.87. The third-order valence-electron chi connectivity index (χ3n) is 4.03. The summed E-state index contributed by atoms with van der Waals surface area (Å²) in [6, 6.07) is 4.93. The van der Waals surface area contributed by atoms with Crippen LogP contribution in [0.3, 0.4) is 0 Å². The summed E-state index contributed by atoms with van der Waals surface area (Å²) < 4.78 is 18.7. The van der Waals surface area contributed by atoms with E-state index >= 15 is 0 Å². The van der Waals surface area contributed by atoms with Gasteiger partial charge in [-0.25, -0.2) is 4.39 Å². The molecule has 2 rings (SSSR count). The van der Waals surface area contributed by atoms with Crippen LogP contribution in [0.4, 0.5) is 4.39 Å². The molecule has 1 aliphatic carbocycles. The maximum absolute atomic E-state index is 13.7. The number of methoxy groups -OCH3 is 1. The van der Waals surface area contributed by atoms with E-state index < -0.39 is 0 Å². The quantitative estimate of drug-likeness (QED) is 0.831. The molecular formula is C15H22FNO2. The van der Waals surface area contributed by atoms with Crippen LogP contribution in [-0.2, 0) is 6.54 Å². The Hall–Kier alpha value is -1.13. The van der Waals surface area contributed by atoms with E-state index in [0.29, 0.717) is 29.7 Å². The first kappa shape index (κ1) is 14.3. The summed E-state index contributed by atoms with van der Waals surface area (Å²) in [6.07, 6.45) is 3.46. The van der Waals surface area contributed by atoms with Gasteiger partial charge in [0.2, 0.25) is 0 Å². The summed E-state index contributed by atoms with van der Waals surface area (Å²) in [7, 11) is 1.53. The van der Waals surface area contributed by atoms with Crippen molar-refractivity contribution in [3.05, 3.63) is 29.6 Å². The Kier molecular flexibility index (Phi) is 5.16. The lowest BCUT2D eigenvalue weighted by Crippen LogP contribution is -2.26. The van der Waals surface area contributed by atoms with Crippen molar-refractivity contribution in [2.24, 2.45) is 11.8 Å². The first-order valence-electron chi connectivity index (χ1n) is 6.88. The Morgan fingerprint density at radius 1 is 1.37 bits per heavy atom. The van der Waals surface area contributed by atoms with Crippen LogP contribution in [-0.4, -0.2) is 25.4 Å². The molecule has 0 heterocycles. The summed E-state index contributed by atoms with van der Waals surface area (Å²) in [4.78, 5) is 0. The van der Waals surface area contributed by atoms with Crippen molar-refractivity contribution in [3.8, 4) is 5.75 Å². The number of aliphatic hydroxyl groups is 1. The Morgan fingerprint density at radius 2 is 2.16 bits per heavy atom. The third-order valence-corrected chi connectivity index (χ3v) is 4.03. The molecule has 3 nitrogen and oxygen atoms in total. The molecular weight excluding hydrogens is 245 g/mol. The van der Waals surface area contributed by atoms with Gasteiger partial charge in [0.05, 0.1) is 7.11 Å². The summed E-state index contributed by atoms with van der Waals surface area (Å²) in [6.45, 7) is 1.63. The van der Waals surface area contributed by atoms with E-state index in [4.69, 9.17) is 4.74 Å². The average molecular weight is 267 g/mol. The highest BCUT2D eigenvalue weighted by Crippen LogP contribution is 2.30. The number of aliphatic hydroxyl groups excluding tert-OH is 1. The molecule has 1 aromatic carbocycles. The van der Waals surface area contributed by atoms with Gasteiger partial charge in [-0.05, 0) is 37.3 Å². The van der Waals surface area contributed by atoms with Crippen molar-refractivity contribution < 1.29 is 14.2 Å². The fraction of sp³-hybridized carbons (Fsp3) is 0.600. The van der Waals surface area contributed by atoms with E-state index in [0.717, 1.165) is 19.4 Å². The van der Waals surface area contributed by atoms with Crippen LogP contribution in [0, 0.1) is 17.7 Å². The monoisotopic (exact) mass is 267 g/mol. The molecule has 106 valence electrons. The van der Waals surface area contributed by atoms with Gasteiger partial charge in [-0.2, -0.15) is 0 Å². The van der Waals surface area contributed by atoms with E-state index in [9.17, 15) is 9.50 Å². The van der Waals surface area contributed by atoms with Gasteiger partial charge in [-0.1, -0.05) is 12.5 Å². The molecule has 0 aliphatic heterocycles. The van der Waals surface area contributed by atoms with Crippen molar-refractivity contribution >= 4 is 0 Å². The lowest BCUT2D eigenvalue weighted by atomic mass is 9.97. The van der Waals surface area contributed by atoms with Gasteiger partial charge in [0.1, 0.15) is 11.6 Å². The zero-order chi connectivity index (χ0) is 13.7. The molecule has 0 radical (unpaired) electrons. The number of halogens is 1. The first-order chi connectivity index (χ1) is 9.24. The lowest BCUT2D eigenvalue weighted by molar-refractivity contribution is 0.192. The maximum Gasteiger partial charge on any atom is 0.131 e. The van der Waals surface area contributed by atoms with Crippen molar-refractivity contribution in [3.63, 3.8) is 0 Å². The first-order valence-corrected chi connectivity index (χ1v) is 6.88. The zero-order valence-electron chi connectivity index (χ0n) is 11.4.